The molecule has 156 valence electrons. The fraction of sp³-hybridized carbons (Fsp3) is 0.350. The Morgan fingerprint density at radius 1 is 1.37 bits per heavy atom. The SMILES string of the molecule is C=N/C(CO)=C(/C)N=C1CC(c2ccc3ncc(N4CCOCC4)nc3c2Cl)=NN1. The van der Waals surface area contributed by atoms with Gasteiger partial charge in [0.15, 0.2) is 0 Å². The van der Waals surface area contributed by atoms with Gasteiger partial charge in [0, 0.05) is 18.7 Å². The van der Waals surface area contributed by atoms with Crippen LogP contribution in [-0.2, 0) is 4.74 Å². The van der Waals surface area contributed by atoms with Gasteiger partial charge in [-0.05, 0) is 25.8 Å². The molecule has 0 bridgehead atoms. The predicted octanol–water partition coefficient (Wildman–Crippen LogP) is 2.14. The zero-order chi connectivity index (χ0) is 21.1. The van der Waals surface area contributed by atoms with Crippen molar-refractivity contribution in [2.24, 2.45) is 15.1 Å². The lowest BCUT2D eigenvalue weighted by Gasteiger charge is -2.27. The van der Waals surface area contributed by atoms with E-state index in [-0.39, 0.29) is 6.61 Å². The second kappa shape index (κ2) is 8.86. The van der Waals surface area contributed by atoms with Crippen LogP contribution >= 0.6 is 11.6 Å². The van der Waals surface area contributed by atoms with Gasteiger partial charge >= 0.3 is 0 Å². The summed E-state index contributed by atoms with van der Waals surface area (Å²) in [7, 11) is 0. The summed E-state index contributed by atoms with van der Waals surface area (Å²) in [4.78, 5) is 19.6. The summed E-state index contributed by atoms with van der Waals surface area (Å²) in [5.41, 5.74) is 6.82. The van der Waals surface area contributed by atoms with E-state index in [1.165, 1.54) is 0 Å². The Hall–Kier alpha value is -2.88. The second-order valence-electron chi connectivity index (χ2n) is 6.88. The smallest absolute Gasteiger partial charge is 0.148 e. The van der Waals surface area contributed by atoms with Gasteiger partial charge in [0.2, 0.25) is 0 Å². The van der Waals surface area contributed by atoms with Gasteiger partial charge in [-0.15, -0.1) is 0 Å². The van der Waals surface area contributed by atoms with E-state index < -0.39 is 0 Å². The first kappa shape index (κ1) is 20.4. The molecule has 0 unspecified atom stereocenters. The Labute approximate surface area is 178 Å². The van der Waals surface area contributed by atoms with Crippen LogP contribution in [0.5, 0.6) is 0 Å². The molecule has 9 nitrogen and oxygen atoms in total. The molecule has 0 amide bonds. The lowest BCUT2D eigenvalue weighted by atomic mass is 10.1. The number of aliphatic hydroxyl groups is 1. The van der Waals surface area contributed by atoms with Crippen LogP contribution in [0, 0.1) is 0 Å². The number of morpholine rings is 1. The zero-order valence-corrected chi connectivity index (χ0v) is 17.4. The van der Waals surface area contributed by atoms with Gasteiger partial charge in [-0.2, -0.15) is 5.10 Å². The van der Waals surface area contributed by atoms with E-state index in [0.29, 0.717) is 47.4 Å². The lowest BCUT2D eigenvalue weighted by molar-refractivity contribution is 0.122. The number of aromatic nitrogens is 2. The first-order valence-corrected chi connectivity index (χ1v) is 9.94. The van der Waals surface area contributed by atoms with Crippen LogP contribution in [0.25, 0.3) is 11.0 Å². The van der Waals surface area contributed by atoms with Crippen molar-refractivity contribution in [2.75, 3.05) is 37.8 Å². The Bertz CT molecular complexity index is 1070. The molecule has 2 aliphatic heterocycles. The summed E-state index contributed by atoms with van der Waals surface area (Å²) in [5.74, 6) is 1.43. The molecule has 2 aliphatic rings. The quantitative estimate of drug-likeness (QED) is 0.708. The fourth-order valence-corrected chi connectivity index (χ4v) is 3.65. The van der Waals surface area contributed by atoms with Gasteiger partial charge in [-0.3, -0.25) is 15.4 Å². The number of amidine groups is 1. The van der Waals surface area contributed by atoms with Gasteiger partial charge in [0.1, 0.15) is 17.2 Å². The highest BCUT2D eigenvalue weighted by Gasteiger charge is 2.21. The molecule has 30 heavy (non-hydrogen) atoms. The van der Waals surface area contributed by atoms with Gasteiger partial charge in [-0.1, -0.05) is 11.6 Å². The molecule has 10 heteroatoms. The Morgan fingerprint density at radius 3 is 2.90 bits per heavy atom. The minimum Gasteiger partial charge on any atom is -0.390 e. The van der Waals surface area contributed by atoms with Crippen LogP contribution in [0.3, 0.4) is 0 Å². The van der Waals surface area contributed by atoms with E-state index in [0.717, 1.165) is 35.7 Å². The third kappa shape index (κ3) is 4.04. The van der Waals surface area contributed by atoms with E-state index in [4.69, 9.17) is 21.3 Å². The number of nitrogens with one attached hydrogen (secondary N) is 1. The van der Waals surface area contributed by atoms with Crippen molar-refractivity contribution in [1.82, 2.24) is 15.4 Å². The monoisotopic (exact) mass is 427 g/mol. The molecule has 0 radical (unpaired) electrons. The number of aliphatic imine (C=N–C) groups is 2. The van der Waals surface area contributed by atoms with Crippen molar-refractivity contribution in [3.63, 3.8) is 0 Å². The standard InChI is InChI=1S/C20H22ClN7O2/c1-12(16(11-29)22-2)24-17-9-15(26-27-17)13-3-4-14-20(19(13)21)25-18(10-23-14)28-5-7-30-8-6-28/h3-4,10,29H,2,5-9,11H2,1H3,(H,24,27)/b16-12-. The normalized spacial score (nSPS) is 19.0. The minimum absolute atomic E-state index is 0.222. The highest BCUT2D eigenvalue weighted by molar-refractivity contribution is 6.39. The number of aliphatic hydroxyl groups excluding tert-OH is 1. The number of allylic oxidation sites excluding steroid dienone is 1. The molecule has 0 spiro atoms. The maximum Gasteiger partial charge on any atom is 0.148 e. The second-order valence-corrected chi connectivity index (χ2v) is 7.25. The molecule has 3 heterocycles. The third-order valence-electron chi connectivity index (χ3n) is 5.00. The van der Waals surface area contributed by atoms with Crippen molar-refractivity contribution in [2.45, 2.75) is 13.3 Å². The summed E-state index contributed by atoms with van der Waals surface area (Å²) in [5, 5.41) is 14.2. The highest BCUT2D eigenvalue weighted by atomic mass is 35.5. The molecular formula is C20H22ClN7O2. The third-order valence-corrected chi connectivity index (χ3v) is 5.38. The van der Waals surface area contributed by atoms with Crippen LogP contribution in [0.1, 0.15) is 18.9 Å². The van der Waals surface area contributed by atoms with E-state index in [2.05, 4.69) is 37.1 Å². The highest BCUT2D eigenvalue weighted by Crippen LogP contribution is 2.29. The van der Waals surface area contributed by atoms with E-state index >= 15 is 0 Å². The van der Waals surface area contributed by atoms with Crippen molar-refractivity contribution in [3.05, 3.63) is 40.3 Å². The molecule has 2 aromatic rings. The van der Waals surface area contributed by atoms with Crippen LogP contribution in [0.4, 0.5) is 5.82 Å². The Balaban J connectivity index is 1.62. The molecule has 4 rings (SSSR count). The molecule has 1 aromatic carbocycles. The maximum absolute atomic E-state index is 9.30. The molecule has 1 aromatic heterocycles. The Kier molecular flexibility index (Phi) is 6.03. The number of fused-ring (bicyclic) bond motifs is 1. The molecular weight excluding hydrogens is 406 g/mol. The summed E-state index contributed by atoms with van der Waals surface area (Å²) in [6.07, 6.45) is 2.24. The zero-order valence-electron chi connectivity index (χ0n) is 16.6. The van der Waals surface area contributed by atoms with Crippen LogP contribution in [0.2, 0.25) is 5.02 Å². The van der Waals surface area contributed by atoms with Gasteiger partial charge in [-0.25, -0.2) is 9.98 Å². The van der Waals surface area contributed by atoms with E-state index in [1.54, 1.807) is 13.1 Å². The molecule has 0 aliphatic carbocycles. The largest absolute Gasteiger partial charge is 0.390 e. The average Bonchev–Trinajstić information content (AvgIpc) is 3.23. The predicted molar refractivity (Wildman–Crippen MR) is 119 cm³/mol. The van der Waals surface area contributed by atoms with Gasteiger partial charge in [0.25, 0.3) is 0 Å². The lowest BCUT2D eigenvalue weighted by Crippen LogP contribution is -2.36. The number of hydrazone groups is 1. The number of ether oxygens (including phenoxy) is 1. The number of hydrogen-bond donors (Lipinski definition) is 2. The van der Waals surface area contributed by atoms with Crippen molar-refractivity contribution < 1.29 is 9.84 Å². The minimum atomic E-state index is -0.222. The van der Waals surface area contributed by atoms with Crippen LogP contribution < -0.4 is 10.3 Å². The maximum atomic E-state index is 9.30. The van der Waals surface area contributed by atoms with Gasteiger partial charge in [0.05, 0.1) is 60.1 Å². The fourth-order valence-electron chi connectivity index (χ4n) is 3.34. The summed E-state index contributed by atoms with van der Waals surface area (Å²) in [6, 6.07) is 3.78. The number of hydrogen-bond acceptors (Lipinski definition) is 8. The number of rotatable bonds is 5. The Morgan fingerprint density at radius 2 is 2.17 bits per heavy atom. The van der Waals surface area contributed by atoms with E-state index in [9.17, 15) is 5.11 Å². The summed E-state index contributed by atoms with van der Waals surface area (Å²) >= 11 is 6.72. The van der Waals surface area contributed by atoms with Crippen molar-refractivity contribution in [3.8, 4) is 0 Å². The van der Waals surface area contributed by atoms with Crippen molar-refractivity contribution >= 4 is 46.7 Å². The first-order chi connectivity index (χ1) is 14.6. The van der Waals surface area contributed by atoms with Gasteiger partial charge < -0.3 is 14.7 Å². The molecule has 1 saturated heterocycles. The van der Waals surface area contributed by atoms with E-state index in [1.807, 2.05) is 12.1 Å². The van der Waals surface area contributed by atoms with Crippen LogP contribution in [0.15, 0.2) is 44.8 Å². The summed E-state index contributed by atoms with van der Waals surface area (Å²) in [6.45, 7) is 7.88. The van der Waals surface area contributed by atoms with Crippen molar-refractivity contribution in [1.29, 1.82) is 0 Å². The summed E-state index contributed by atoms with van der Waals surface area (Å²) < 4.78 is 5.41. The number of anilines is 1. The number of halogens is 1. The molecule has 0 atom stereocenters. The van der Waals surface area contributed by atoms with Crippen LogP contribution in [-0.4, -0.2) is 66.2 Å². The average molecular weight is 428 g/mol. The number of benzene rings is 1. The number of nitrogens with zero attached hydrogens (tertiary/aromatic N) is 6. The first-order valence-electron chi connectivity index (χ1n) is 9.56. The molecule has 0 saturated carbocycles. The topological polar surface area (TPSA) is 108 Å². The molecule has 2 N–H and O–H groups in total. The molecule has 1 fully saturated rings.